The summed E-state index contributed by atoms with van der Waals surface area (Å²) in [5.41, 5.74) is 8.89. The Bertz CT molecular complexity index is 1150. The van der Waals surface area contributed by atoms with Gasteiger partial charge in [-0.1, -0.05) is 36.4 Å². The van der Waals surface area contributed by atoms with E-state index in [9.17, 15) is 4.79 Å². The van der Waals surface area contributed by atoms with Gasteiger partial charge in [-0.25, -0.2) is 4.98 Å². The van der Waals surface area contributed by atoms with E-state index in [4.69, 9.17) is 9.84 Å². The van der Waals surface area contributed by atoms with Crippen molar-refractivity contribution in [2.24, 2.45) is 0 Å². The number of nitrogens with zero attached hydrogens (tertiary/aromatic N) is 1. The fraction of sp³-hybridized carbons (Fsp3) is 0.308. The number of hydrogen-bond acceptors (Lipinski definition) is 4. The second-order valence-electron chi connectivity index (χ2n) is 8.45. The highest BCUT2D eigenvalue weighted by molar-refractivity contribution is 7.99. The van der Waals surface area contributed by atoms with Gasteiger partial charge in [0, 0.05) is 28.8 Å². The van der Waals surface area contributed by atoms with Gasteiger partial charge < -0.3 is 9.84 Å². The maximum atomic E-state index is 11.1. The molecule has 4 nitrogen and oxygen atoms in total. The molecule has 0 amide bonds. The van der Waals surface area contributed by atoms with E-state index in [-0.39, 0.29) is 18.4 Å². The van der Waals surface area contributed by atoms with E-state index < -0.39 is 5.97 Å². The molecular formula is C26H25NO3S. The molecule has 158 valence electrons. The summed E-state index contributed by atoms with van der Waals surface area (Å²) in [4.78, 5) is 16.7. The Balaban J connectivity index is 1.42. The normalized spacial score (nSPS) is 19.2. The van der Waals surface area contributed by atoms with Gasteiger partial charge in [0.25, 0.3) is 0 Å². The number of carboxylic acids is 1. The molecule has 5 rings (SSSR count). The molecule has 2 heterocycles. The summed E-state index contributed by atoms with van der Waals surface area (Å²) >= 11 is 1.70. The lowest BCUT2D eigenvalue weighted by Crippen LogP contribution is -2.07. The van der Waals surface area contributed by atoms with Crippen LogP contribution in [0.25, 0.3) is 11.1 Å². The fourth-order valence-electron chi connectivity index (χ4n) is 4.94. The molecule has 2 aromatic carbocycles. The topological polar surface area (TPSA) is 59.4 Å². The number of ether oxygens (including phenoxy) is 1. The zero-order chi connectivity index (χ0) is 21.5. The Morgan fingerprint density at radius 2 is 1.94 bits per heavy atom. The van der Waals surface area contributed by atoms with Crippen LogP contribution in [0.3, 0.4) is 0 Å². The summed E-state index contributed by atoms with van der Waals surface area (Å²) in [5, 5.41) is 9.12. The Morgan fingerprint density at radius 3 is 2.71 bits per heavy atom. The summed E-state index contributed by atoms with van der Waals surface area (Å²) in [5.74, 6) is 0.683. The minimum atomic E-state index is -0.763. The van der Waals surface area contributed by atoms with E-state index in [1.54, 1.807) is 18.0 Å². The highest BCUT2D eigenvalue weighted by Crippen LogP contribution is 2.44. The summed E-state index contributed by atoms with van der Waals surface area (Å²) < 4.78 is 6.35. The molecule has 0 radical (unpaired) electrons. The zero-order valence-corrected chi connectivity index (χ0v) is 18.5. The molecule has 0 spiro atoms. The molecular weight excluding hydrogens is 406 g/mol. The molecule has 0 fully saturated rings. The van der Waals surface area contributed by atoms with Gasteiger partial charge in [0.2, 0.25) is 5.88 Å². The molecule has 0 saturated heterocycles. The van der Waals surface area contributed by atoms with Gasteiger partial charge in [0.15, 0.2) is 0 Å². The number of hydrogen-bond donors (Lipinski definition) is 1. The third-order valence-electron chi connectivity index (χ3n) is 6.40. The number of aliphatic carboxylic acids is 1. The molecule has 2 aliphatic rings. The number of aryl methyl sites for hydroxylation is 2. The van der Waals surface area contributed by atoms with Crippen LogP contribution in [-0.2, 0) is 11.2 Å². The van der Waals surface area contributed by atoms with Crippen molar-refractivity contribution in [1.82, 2.24) is 4.98 Å². The van der Waals surface area contributed by atoms with E-state index in [2.05, 4.69) is 55.2 Å². The molecule has 1 aliphatic carbocycles. The molecule has 31 heavy (non-hydrogen) atoms. The first-order chi connectivity index (χ1) is 15.0. The van der Waals surface area contributed by atoms with Crippen LogP contribution in [0.5, 0.6) is 5.88 Å². The van der Waals surface area contributed by atoms with Gasteiger partial charge in [0.1, 0.15) is 6.10 Å². The lowest BCUT2D eigenvalue weighted by Gasteiger charge is -2.17. The van der Waals surface area contributed by atoms with Crippen molar-refractivity contribution in [3.8, 4) is 17.0 Å². The van der Waals surface area contributed by atoms with Crippen molar-refractivity contribution in [2.75, 3.05) is 5.75 Å². The van der Waals surface area contributed by atoms with Crippen LogP contribution in [0.4, 0.5) is 0 Å². The third-order valence-corrected chi connectivity index (χ3v) is 7.63. The number of rotatable bonds is 5. The summed E-state index contributed by atoms with van der Waals surface area (Å²) in [7, 11) is 0. The van der Waals surface area contributed by atoms with E-state index in [1.807, 2.05) is 6.07 Å². The lowest BCUT2D eigenvalue weighted by molar-refractivity contribution is -0.137. The van der Waals surface area contributed by atoms with E-state index in [1.165, 1.54) is 33.4 Å². The molecule has 1 aliphatic heterocycles. The lowest BCUT2D eigenvalue weighted by atomic mass is 9.91. The number of carboxylic acid groups (broad SMARTS) is 1. The highest BCUT2D eigenvalue weighted by Gasteiger charge is 2.29. The minimum Gasteiger partial charge on any atom is -0.481 e. The number of benzene rings is 2. The second kappa shape index (κ2) is 8.04. The number of pyridine rings is 1. The van der Waals surface area contributed by atoms with Gasteiger partial charge in [-0.2, -0.15) is 0 Å². The molecule has 0 bridgehead atoms. The minimum absolute atomic E-state index is 0.00829. The van der Waals surface area contributed by atoms with Crippen LogP contribution in [0.1, 0.15) is 52.7 Å². The first-order valence-corrected chi connectivity index (χ1v) is 11.7. The summed E-state index contributed by atoms with van der Waals surface area (Å²) in [6.45, 7) is 4.35. The largest absolute Gasteiger partial charge is 0.481 e. The first-order valence-electron chi connectivity index (χ1n) is 10.7. The van der Waals surface area contributed by atoms with Gasteiger partial charge in [-0.15, -0.1) is 11.8 Å². The summed E-state index contributed by atoms with van der Waals surface area (Å²) in [6.07, 6.45) is 3.88. The Hall–Kier alpha value is -2.79. The standard InChI is InChI=1S/C26H25NO3S/c1-15-5-3-6-16(2)26(15)20-8-4-7-19-18(20)9-10-22(19)30-24-12-23-21(13-27-24)17(14-31-23)11-25(28)29/h3-8,12-13,17,22H,9-11,14H2,1-2H3,(H,28,29). The van der Waals surface area contributed by atoms with E-state index >= 15 is 0 Å². The SMILES string of the molecule is Cc1cccc(C)c1-c1cccc2c1CCC2Oc1cc2c(cn1)C(CC(=O)O)CS2. The predicted molar refractivity (Wildman–Crippen MR) is 123 cm³/mol. The average molecular weight is 432 g/mol. The first kappa shape index (κ1) is 20.1. The number of carbonyl (C=O) groups is 1. The average Bonchev–Trinajstić information content (AvgIpc) is 3.32. The van der Waals surface area contributed by atoms with Crippen molar-refractivity contribution in [3.63, 3.8) is 0 Å². The Kier molecular flexibility index (Phi) is 5.22. The highest BCUT2D eigenvalue weighted by atomic mass is 32.2. The molecule has 5 heteroatoms. The molecule has 2 unspecified atom stereocenters. The Morgan fingerprint density at radius 1 is 1.16 bits per heavy atom. The summed E-state index contributed by atoms with van der Waals surface area (Å²) in [6, 6.07) is 15.0. The van der Waals surface area contributed by atoms with Crippen LogP contribution in [0, 0.1) is 13.8 Å². The number of fused-ring (bicyclic) bond motifs is 2. The van der Waals surface area contributed by atoms with Crippen LogP contribution in [0.15, 0.2) is 53.6 Å². The van der Waals surface area contributed by atoms with Crippen molar-refractivity contribution in [3.05, 3.63) is 76.5 Å². The van der Waals surface area contributed by atoms with Crippen molar-refractivity contribution >= 4 is 17.7 Å². The van der Waals surface area contributed by atoms with Gasteiger partial charge >= 0.3 is 5.97 Å². The molecule has 3 aromatic rings. The van der Waals surface area contributed by atoms with Crippen molar-refractivity contribution in [2.45, 2.75) is 50.0 Å². The Labute approximate surface area is 186 Å². The maximum Gasteiger partial charge on any atom is 0.303 e. The van der Waals surface area contributed by atoms with Crippen LogP contribution in [0.2, 0.25) is 0 Å². The van der Waals surface area contributed by atoms with Crippen molar-refractivity contribution < 1.29 is 14.6 Å². The van der Waals surface area contributed by atoms with E-state index in [0.29, 0.717) is 5.88 Å². The molecule has 0 saturated carbocycles. The van der Waals surface area contributed by atoms with Crippen molar-refractivity contribution in [1.29, 1.82) is 0 Å². The number of aromatic nitrogens is 1. The number of thioether (sulfide) groups is 1. The van der Waals surface area contributed by atoms with Crippen LogP contribution >= 0.6 is 11.8 Å². The monoisotopic (exact) mass is 431 g/mol. The van der Waals surface area contributed by atoms with Crippen LogP contribution < -0.4 is 4.74 Å². The second-order valence-corrected chi connectivity index (χ2v) is 9.51. The smallest absolute Gasteiger partial charge is 0.303 e. The van der Waals surface area contributed by atoms with Gasteiger partial charge in [-0.05, 0) is 65.6 Å². The van der Waals surface area contributed by atoms with Gasteiger partial charge in [0.05, 0.1) is 6.42 Å². The fourth-order valence-corrected chi connectivity index (χ4v) is 6.19. The predicted octanol–water partition coefficient (Wildman–Crippen LogP) is 6.10. The maximum absolute atomic E-state index is 11.1. The molecule has 1 aromatic heterocycles. The molecule has 1 N–H and O–H groups in total. The third kappa shape index (κ3) is 3.72. The zero-order valence-electron chi connectivity index (χ0n) is 17.7. The molecule has 2 atom stereocenters. The quantitative estimate of drug-likeness (QED) is 0.529. The van der Waals surface area contributed by atoms with Gasteiger partial charge in [-0.3, -0.25) is 4.79 Å². The van der Waals surface area contributed by atoms with Crippen LogP contribution in [-0.4, -0.2) is 21.8 Å². The van der Waals surface area contributed by atoms with E-state index in [0.717, 1.165) is 29.1 Å².